The first-order valence-corrected chi connectivity index (χ1v) is 16.2. The standard InChI is InChI=1S/C38H39F2N3O6/c1-4-42(28-18-26(39)17-27(40)19-28)38(46)35-25-43(29-20-32(47-2)22-33(21-29)48-3)36-23-31(12-13-34(36)37(35)45)49-16-9-7-5-6-8-14-41-15-10-11-30(44)24-41/h10-13,15,17-25H,4-9,14,16H2,1-3H3/p+1. The van der Waals surface area contributed by atoms with Crippen molar-refractivity contribution in [2.75, 3.05) is 32.3 Å². The van der Waals surface area contributed by atoms with E-state index in [0.29, 0.717) is 35.1 Å². The maximum Gasteiger partial charge on any atom is 0.263 e. The van der Waals surface area contributed by atoms with Gasteiger partial charge in [0.1, 0.15) is 41.0 Å². The number of methoxy groups -OCH3 is 2. The van der Waals surface area contributed by atoms with Gasteiger partial charge in [0.25, 0.3) is 5.91 Å². The van der Waals surface area contributed by atoms with Crippen molar-refractivity contribution < 1.29 is 37.5 Å². The molecule has 0 fully saturated rings. The number of carbonyl (C=O) groups excluding carboxylic acids is 1. The number of aromatic nitrogens is 2. The fourth-order valence-electron chi connectivity index (χ4n) is 5.74. The Morgan fingerprint density at radius 2 is 1.57 bits per heavy atom. The highest BCUT2D eigenvalue weighted by Gasteiger charge is 2.24. The predicted octanol–water partition coefficient (Wildman–Crippen LogP) is 6.98. The second-order valence-corrected chi connectivity index (χ2v) is 11.6. The van der Waals surface area contributed by atoms with Crippen LogP contribution >= 0.6 is 0 Å². The number of benzene rings is 3. The molecule has 49 heavy (non-hydrogen) atoms. The summed E-state index contributed by atoms with van der Waals surface area (Å²) < 4.78 is 48.9. The minimum atomic E-state index is -0.836. The van der Waals surface area contributed by atoms with Crippen molar-refractivity contribution in [1.29, 1.82) is 0 Å². The summed E-state index contributed by atoms with van der Waals surface area (Å²) in [5.41, 5.74) is 0.321. The number of carbonyl (C=O) groups is 1. The highest BCUT2D eigenvalue weighted by Crippen LogP contribution is 2.30. The molecule has 0 unspecified atom stereocenters. The van der Waals surface area contributed by atoms with Gasteiger partial charge in [-0.05, 0) is 50.1 Å². The molecule has 0 atom stereocenters. The molecule has 0 bridgehead atoms. The highest BCUT2D eigenvalue weighted by atomic mass is 19.1. The summed E-state index contributed by atoms with van der Waals surface area (Å²) >= 11 is 0. The van der Waals surface area contributed by atoms with E-state index >= 15 is 0 Å². The predicted molar refractivity (Wildman–Crippen MR) is 183 cm³/mol. The number of nitrogens with zero attached hydrogens (tertiary/aromatic N) is 3. The van der Waals surface area contributed by atoms with Crippen LogP contribution < -0.4 is 29.1 Å². The van der Waals surface area contributed by atoms with Crippen LogP contribution in [0.5, 0.6) is 23.0 Å². The smallest absolute Gasteiger partial charge is 0.263 e. The molecule has 1 amide bonds. The van der Waals surface area contributed by atoms with Gasteiger partial charge < -0.3 is 28.8 Å². The van der Waals surface area contributed by atoms with Crippen LogP contribution in [0.2, 0.25) is 0 Å². The lowest BCUT2D eigenvalue weighted by atomic mass is 10.1. The number of hydrogen-bond donors (Lipinski definition) is 1. The SMILES string of the molecule is CCN(C(=O)c1cn(-c2cc(OC)cc(OC)c2)c2cc(OCCCCCCC[n+]3cccc(O)c3)ccc2c1=O)c1cc(F)cc(F)c1. The zero-order chi connectivity index (χ0) is 34.9. The van der Waals surface area contributed by atoms with Crippen LogP contribution in [0.15, 0.2) is 90.1 Å². The van der Waals surface area contributed by atoms with Crippen molar-refractivity contribution in [2.45, 2.75) is 45.6 Å². The third-order valence-corrected chi connectivity index (χ3v) is 8.21. The van der Waals surface area contributed by atoms with E-state index in [4.69, 9.17) is 14.2 Å². The fraction of sp³-hybridized carbons (Fsp3) is 0.289. The van der Waals surface area contributed by atoms with E-state index in [-0.39, 0.29) is 28.9 Å². The Labute approximate surface area is 283 Å². The van der Waals surface area contributed by atoms with Crippen LogP contribution in [0.4, 0.5) is 14.5 Å². The van der Waals surface area contributed by atoms with Crippen molar-refractivity contribution in [3.05, 3.63) is 113 Å². The number of pyridine rings is 2. The Morgan fingerprint density at radius 1 is 0.878 bits per heavy atom. The lowest BCUT2D eigenvalue weighted by molar-refractivity contribution is -0.697. The second-order valence-electron chi connectivity index (χ2n) is 11.6. The van der Waals surface area contributed by atoms with Gasteiger partial charge in [0, 0.05) is 66.6 Å². The summed E-state index contributed by atoms with van der Waals surface area (Å²) in [5, 5.41) is 9.87. The summed E-state index contributed by atoms with van der Waals surface area (Å²) in [7, 11) is 3.04. The van der Waals surface area contributed by atoms with E-state index in [0.717, 1.165) is 61.7 Å². The largest absolute Gasteiger partial charge is 0.503 e. The van der Waals surface area contributed by atoms with Gasteiger partial charge in [0.15, 0.2) is 11.9 Å². The van der Waals surface area contributed by atoms with Gasteiger partial charge in [-0.2, -0.15) is 0 Å². The van der Waals surface area contributed by atoms with Crippen LogP contribution in [0.3, 0.4) is 0 Å². The molecule has 3 aromatic carbocycles. The zero-order valence-electron chi connectivity index (χ0n) is 27.8. The maximum atomic E-state index is 14.1. The molecule has 11 heteroatoms. The number of unbranched alkanes of at least 4 members (excludes halogenated alkanes) is 4. The van der Waals surface area contributed by atoms with Crippen molar-refractivity contribution in [1.82, 2.24) is 4.57 Å². The van der Waals surface area contributed by atoms with Gasteiger partial charge >= 0.3 is 0 Å². The van der Waals surface area contributed by atoms with Crippen LogP contribution in [0.25, 0.3) is 16.6 Å². The highest BCUT2D eigenvalue weighted by molar-refractivity contribution is 6.07. The number of amides is 1. The van der Waals surface area contributed by atoms with Crippen molar-refractivity contribution in [3.63, 3.8) is 0 Å². The van der Waals surface area contributed by atoms with E-state index in [1.54, 1.807) is 60.2 Å². The number of halogens is 2. The Bertz CT molecular complexity index is 1950. The molecular weight excluding hydrogens is 632 g/mol. The average Bonchev–Trinajstić information content (AvgIpc) is 3.09. The molecule has 1 N–H and O–H groups in total. The molecule has 256 valence electrons. The third-order valence-electron chi connectivity index (χ3n) is 8.21. The molecule has 5 rings (SSSR count). The molecule has 9 nitrogen and oxygen atoms in total. The summed E-state index contributed by atoms with van der Waals surface area (Å²) in [6, 6.07) is 16.6. The summed E-state index contributed by atoms with van der Waals surface area (Å²) in [6.07, 6.45) is 10.0. The van der Waals surface area contributed by atoms with Gasteiger partial charge in [-0.15, -0.1) is 0 Å². The number of rotatable bonds is 15. The Morgan fingerprint density at radius 3 is 2.24 bits per heavy atom. The minimum absolute atomic E-state index is 0.00165. The van der Waals surface area contributed by atoms with Gasteiger partial charge in [-0.3, -0.25) is 9.59 Å². The van der Waals surface area contributed by atoms with Crippen LogP contribution in [0.1, 0.15) is 49.4 Å². The molecule has 0 saturated heterocycles. The molecule has 5 aromatic rings. The number of fused-ring (bicyclic) bond motifs is 1. The van der Waals surface area contributed by atoms with Gasteiger partial charge in [0.2, 0.25) is 11.6 Å². The van der Waals surface area contributed by atoms with Gasteiger partial charge in [-0.1, -0.05) is 12.8 Å². The van der Waals surface area contributed by atoms with Gasteiger partial charge in [-0.25, -0.2) is 13.3 Å². The maximum absolute atomic E-state index is 14.1. The number of aryl methyl sites for hydroxylation is 1. The van der Waals surface area contributed by atoms with E-state index < -0.39 is 23.0 Å². The molecule has 0 radical (unpaired) electrons. The van der Waals surface area contributed by atoms with E-state index in [9.17, 15) is 23.5 Å². The monoisotopic (exact) mass is 672 g/mol. The van der Waals surface area contributed by atoms with Crippen molar-refractivity contribution in [2.24, 2.45) is 0 Å². The van der Waals surface area contributed by atoms with E-state index in [1.807, 2.05) is 16.8 Å². The lowest BCUT2D eigenvalue weighted by Gasteiger charge is -2.22. The molecule has 2 aromatic heterocycles. The number of ether oxygens (including phenoxy) is 3. The molecule has 0 aliphatic heterocycles. The summed E-state index contributed by atoms with van der Waals surface area (Å²) in [4.78, 5) is 28.9. The molecule has 0 spiro atoms. The van der Waals surface area contributed by atoms with E-state index in [2.05, 4.69) is 0 Å². The van der Waals surface area contributed by atoms with Crippen molar-refractivity contribution in [3.8, 4) is 28.7 Å². The van der Waals surface area contributed by atoms with Crippen LogP contribution in [0, 0.1) is 11.6 Å². The number of aromatic hydroxyl groups is 1. The molecule has 0 aliphatic carbocycles. The Balaban J connectivity index is 1.39. The Hall–Kier alpha value is -5.45. The topological polar surface area (TPSA) is 94.1 Å². The second kappa shape index (κ2) is 16.1. The van der Waals surface area contributed by atoms with Gasteiger partial charge in [0.05, 0.1) is 32.0 Å². The summed E-state index contributed by atoms with van der Waals surface area (Å²) in [6.45, 7) is 3.05. The molecule has 0 saturated carbocycles. The molecule has 0 aliphatic rings. The summed E-state index contributed by atoms with van der Waals surface area (Å²) in [5.74, 6) is -0.581. The zero-order valence-corrected chi connectivity index (χ0v) is 27.8. The Kier molecular flexibility index (Phi) is 11.5. The number of anilines is 1. The minimum Gasteiger partial charge on any atom is -0.503 e. The van der Waals surface area contributed by atoms with Crippen LogP contribution in [-0.2, 0) is 6.54 Å². The lowest BCUT2D eigenvalue weighted by Crippen LogP contribution is -2.35. The quantitative estimate of drug-likeness (QED) is 0.0954. The normalized spacial score (nSPS) is 11.0. The van der Waals surface area contributed by atoms with Crippen molar-refractivity contribution >= 4 is 22.5 Å². The van der Waals surface area contributed by atoms with Crippen LogP contribution in [-0.4, -0.2) is 43.0 Å². The average molecular weight is 673 g/mol. The number of hydrogen-bond acceptors (Lipinski definition) is 6. The molecular formula is C38H40F2N3O6+. The molecule has 2 heterocycles. The first-order chi connectivity index (χ1) is 23.7. The third kappa shape index (κ3) is 8.53. The first-order valence-electron chi connectivity index (χ1n) is 16.2. The van der Waals surface area contributed by atoms with E-state index in [1.165, 1.54) is 20.4 Å². The fourth-order valence-corrected chi connectivity index (χ4v) is 5.74. The first kappa shape index (κ1) is 34.9.